The van der Waals surface area contributed by atoms with Gasteiger partial charge in [-0.1, -0.05) is 0 Å². The zero-order valence-electron chi connectivity index (χ0n) is 9.70. The summed E-state index contributed by atoms with van der Waals surface area (Å²) in [6.07, 6.45) is 1.65. The maximum absolute atomic E-state index is 9.88. The van der Waals surface area contributed by atoms with E-state index in [4.69, 9.17) is 0 Å². The fourth-order valence-corrected chi connectivity index (χ4v) is 1.94. The second-order valence-electron chi connectivity index (χ2n) is 4.09. The van der Waals surface area contributed by atoms with Crippen molar-refractivity contribution in [3.8, 4) is 22.8 Å². The molecule has 3 aromatic rings. The minimum atomic E-state index is 0.0912. The molecule has 2 heterocycles. The predicted octanol–water partition coefficient (Wildman–Crippen LogP) is 2.12. The van der Waals surface area contributed by atoms with E-state index >= 15 is 0 Å². The molecule has 5 heteroatoms. The quantitative estimate of drug-likeness (QED) is 0.640. The van der Waals surface area contributed by atoms with Crippen LogP contribution in [0.4, 0.5) is 0 Å². The number of phenols is 2. The lowest BCUT2D eigenvalue weighted by Crippen LogP contribution is -1.95. The van der Waals surface area contributed by atoms with Gasteiger partial charge in [0, 0.05) is 17.8 Å². The number of rotatable bonds is 1. The number of phenolic OH excluding ortho intramolecular Hbond substituents is 2. The van der Waals surface area contributed by atoms with Crippen LogP contribution in [0, 0.1) is 6.92 Å². The highest BCUT2D eigenvalue weighted by Crippen LogP contribution is 2.31. The number of fused-ring (bicyclic) bond motifs is 1. The third kappa shape index (κ3) is 1.57. The van der Waals surface area contributed by atoms with E-state index in [-0.39, 0.29) is 11.5 Å². The van der Waals surface area contributed by atoms with Gasteiger partial charge in [-0.25, -0.2) is 9.50 Å². The lowest BCUT2D eigenvalue weighted by Gasteiger charge is -2.07. The van der Waals surface area contributed by atoms with E-state index in [1.54, 1.807) is 16.8 Å². The van der Waals surface area contributed by atoms with Crippen LogP contribution < -0.4 is 0 Å². The summed E-state index contributed by atoms with van der Waals surface area (Å²) in [5.74, 6) is 0.185. The van der Waals surface area contributed by atoms with Gasteiger partial charge in [-0.05, 0) is 31.2 Å². The molecule has 0 amide bonds. The molecule has 0 aliphatic rings. The zero-order chi connectivity index (χ0) is 12.7. The minimum Gasteiger partial charge on any atom is -0.508 e. The Hall–Kier alpha value is -2.56. The Balaban J connectivity index is 2.34. The number of benzene rings is 1. The number of aromatic nitrogens is 3. The molecule has 0 fully saturated rings. The summed E-state index contributed by atoms with van der Waals surface area (Å²) in [7, 11) is 0. The molecule has 0 unspecified atom stereocenters. The molecular weight excluding hydrogens is 230 g/mol. The van der Waals surface area contributed by atoms with Gasteiger partial charge < -0.3 is 10.2 Å². The summed E-state index contributed by atoms with van der Waals surface area (Å²) in [6, 6.07) is 7.98. The lowest BCUT2D eigenvalue weighted by atomic mass is 10.1. The highest BCUT2D eigenvalue weighted by atomic mass is 16.3. The average Bonchev–Trinajstić information content (AvgIpc) is 2.72. The van der Waals surface area contributed by atoms with Gasteiger partial charge in [0.25, 0.3) is 0 Å². The molecular formula is C13H11N3O2. The van der Waals surface area contributed by atoms with Crippen molar-refractivity contribution in [3.05, 3.63) is 42.2 Å². The minimum absolute atomic E-state index is 0.0912. The van der Waals surface area contributed by atoms with Gasteiger partial charge in [-0.3, -0.25) is 0 Å². The maximum atomic E-state index is 9.88. The number of nitrogens with zero attached hydrogens (tertiary/aromatic N) is 3. The molecule has 2 aromatic heterocycles. The molecule has 2 N–H and O–H groups in total. The smallest absolute Gasteiger partial charge is 0.155 e. The van der Waals surface area contributed by atoms with Crippen molar-refractivity contribution in [3.63, 3.8) is 0 Å². The van der Waals surface area contributed by atoms with Crippen molar-refractivity contribution in [2.75, 3.05) is 0 Å². The summed E-state index contributed by atoms with van der Waals surface area (Å²) in [4.78, 5) is 4.20. The predicted molar refractivity (Wildman–Crippen MR) is 66.5 cm³/mol. The van der Waals surface area contributed by atoms with Crippen molar-refractivity contribution >= 4 is 5.65 Å². The number of hydrogen-bond acceptors (Lipinski definition) is 4. The Kier molecular flexibility index (Phi) is 2.19. The second kappa shape index (κ2) is 3.73. The van der Waals surface area contributed by atoms with Crippen LogP contribution in [-0.2, 0) is 0 Å². The first-order valence-corrected chi connectivity index (χ1v) is 5.49. The Labute approximate surface area is 103 Å². The van der Waals surface area contributed by atoms with Gasteiger partial charge in [0.15, 0.2) is 5.65 Å². The molecule has 5 nitrogen and oxygen atoms in total. The van der Waals surface area contributed by atoms with Crippen molar-refractivity contribution in [1.29, 1.82) is 0 Å². The molecule has 0 saturated carbocycles. The molecule has 0 spiro atoms. The monoisotopic (exact) mass is 241 g/mol. The Morgan fingerprint density at radius 1 is 1.11 bits per heavy atom. The van der Waals surface area contributed by atoms with Crippen LogP contribution in [0.15, 0.2) is 36.5 Å². The zero-order valence-corrected chi connectivity index (χ0v) is 9.70. The fourth-order valence-electron chi connectivity index (χ4n) is 1.94. The molecule has 1 aromatic carbocycles. The van der Waals surface area contributed by atoms with Crippen LogP contribution in [-0.4, -0.2) is 24.8 Å². The van der Waals surface area contributed by atoms with Crippen LogP contribution in [0.5, 0.6) is 11.5 Å². The van der Waals surface area contributed by atoms with Crippen molar-refractivity contribution < 1.29 is 10.2 Å². The SMILES string of the molecule is Cc1cc2nccc(-c3cc(O)ccc3O)n2n1. The Morgan fingerprint density at radius 3 is 2.78 bits per heavy atom. The largest absolute Gasteiger partial charge is 0.508 e. The summed E-state index contributed by atoms with van der Waals surface area (Å²) in [5, 5.41) is 23.7. The molecule has 0 saturated heterocycles. The molecule has 0 atom stereocenters. The van der Waals surface area contributed by atoms with Crippen molar-refractivity contribution in [2.24, 2.45) is 0 Å². The van der Waals surface area contributed by atoms with Gasteiger partial charge in [0.2, 0.25) is 0 Å². The first kappa shape index (κ1) is 10.6. The summed E-state index contributed by atoms with van der Waals surface area (Å²) in [6.45, 7) is 1.88. The van der Waals surface area contributed by atoms with Gasteiger partial charge in [0.05, 0.1) is 11.4 Å². The Bertz CT molecular complexity index is 734. The van der Waals surface area contributed by atoms with E-state index in [0.717, 1.165) is 5.69 Å². The van der Waals surface area contributed by atoms with Crippen LogP contribution >= 0.6 is 0 Å². The molecule has 3 rings (SSSR count). The normalized spacial score (nSPS) is 10.9. The fraction of sp³-hybridized carbons (Fsp3) is 0.0769. The van der Waals surface area contributed by atoms with Crippen molar-refractivity contribution in [2.45, 2.75) is 6.92 Å². The molecule has 0 radical (unpaired) electrons. The van der Waals surface area contributed by atoms with Crippen LogP contribution in [0.25, 0.3) is 16.9 Å². The third-order valence-electron chi connectivity index (χ3n) is 2.74. The van der Waals surface area contributed by atoms with Crippen LogP contribution in [0.3, 0.4) is 0 Å². The summed E-state index contributed by atoms with van der Waals surface area (Å²) < 4.78 is 1.64. The highest BCUT2D eigenvalue weighted by molar-refractivity contribution is 5.70. The molecule has 0 aliphatic carbocycles. The van der Waals surface area contributed by atoms with Crippen LogP contribution in [0.2, 0.25) is 0 Å². The van der Waals surface area contributed by atoms with E-state index in [9.17, 15) is 10.2 Å². The van der Waals surface area contributed by atoms with E-state index in [1.165, 1.54) is 18.2 Å². The van der Waals surface area contributed by atoms with Gasteiger partial charge in [-0.2, -0.15) is 5.10 Å². The van der Waals surface area contributed by atoms with E-state index < -0.39 is 0 Å². The van der Waals surface area contributed by atoms with E-state index in [0.29, 0.717) is 16.9 Å². The number of aryl methyl sites for hydroxylation is 1. The summed E-state index contributed by atoms with van der Waals surface area (Å²) >= 11 is 0. The van der Waals surface area contributed by atoms with E-state index in [1.807, 2.05) is 13.0 Å². The lowest BCUT2D eigenvalue weighted by molar-refractivity contribution is 0.461. The maximum Gasteiger partial charge on any atom is 0.155 e. The number of hydrogen-bond donors (Lipinski definition) is 2. The molecule has 90 valence electrons. The molecule has 18 heavy (non-hydrogen) atoms. The standard InChI is InChI=1S/C13H11N3O2/c1-8-6-13-14-5-4-11(16(13)15-8)10-7-9(17)2-3-12(10)18/h2-7,17-18H,1H3. The van der Waals surface area contributed by atoms with Gasteiger partial charge in [0.1, 0.15) is 11.5 Å². The Morgan fingerprint density at radius 2 is 1.94 bits per heavy atom. The van der Waals surface area contributed by atoms with Crippen LogP contribution in [0.1, 0.15) is 5.69 Å². The van der Waals surface area contributed by atoms with E-state index in [2.05, 4.69) is 10.1 Å². The second-order valence-corrected chi connectivity index (χ2v) is 4.09. The highest BCUT2D eigenvalue weighted by Gasteiger charge is 2.11. The first-order valence-electron chi connectivity index (χ1n) is 5.49. The number of aromatic hydroxyl groups is 2. The third-order valence-corrected chi connectivity index (χ3v) is 2.74. The summed E-state index contributed by atoms with van der Waals surface area (Å²) in [5.41, 5.74) is 2.74. The molecule has 0 bridgehead atoms. The topological polar surface area (TPSA) is 70.7 Å². The van der Waals surface area contributed by atoms with Gasteiger partial charge >= 0.3 is 0 Å². The molecule has 0 aliphatic heterocycles. The van der Waals surface area contributed by atoms with Gasteiger partial charge in [-0.15, -0.1) is 0 Å². The van der Waals surface area contributed by atoms with Crippen molar-refractivity contribution in [1.82, 2.24) is 14.6 Å². The first-order chi connectivity index (χ1) is 8.65. The average molecular weight is 241 g/mol.